The van der Waals surface area contributed by atoms with Crippen LogP contribution in [0.5, 0.6) is 5.75 Å². The summed E-state index contributed by atoms with van der Waals surface area (Å²) >= 11 is 1.95. The van der Waals surface area contributed by atoms with Crippen molar-refractivity contribution < 1.29 is 14.6 Å². The zero-order chi connectivity index (χ0) is 12.1. The highest BCUT2D eigenvalue weighted by atomic mass is 32.2. The minimum absolute atomic E-state index is 0.123. The van der Waals surface area contributed by atoms with Gasteiger partial charge in [-0.05, 0) is 18.6 Å². The van der Waals surface area contributed by atoms with Crippen molar-refractivity contribution in [3.05, 3.63) is 12.4 Å². The predicted octanol–water partition coefficient (Wildman–Crippen LogP) is 1.63. The van der Waals surface area contributed by atoms with E-state index in [0.717, 1.165) is 0 Å². The Morgan fingerprint density at radius 2 is 2.53 bits per heavy atom. The molecule has 0 bridgehead atoms. The van der Waals surface area contributed by atoms with Crippen molar-refractivity contribution in [2.45, 2.75) is 31.1 Å². The van der Waals surface area contributed by atoms with Gasteiger partial charge in [-0.15, -0.1) is 0 Å². The van der Waals surface area contributed by atoms with E-state index in [-0.39, 0.29) is 6.54 Å². The summed E-state index contributed by atoms with van der Waals surface area (Å²) in [6.07, 6.45) is 6.98. The monoisotopic (exact) mass is 256 g/mol. The third kappa shape index (κ3) is 3.96. The SMILES string of the molecule is O=C(O)Cn1cc(OCC2CCCCS2)cn1. The summed E-state index contributed by atoms with van der Waals surface area (Å²) in [6.45, 7) is 0.560. The first-order valence-corrected chi connectivity index (χ1v) is 6.77. The molecule has 1 saturated heterocycles. The van der Waals surface area contributed by atoms with Crippen LogP contribution in [0.3, 0.4) is 0 Å². The van der Waals surface area contributed by atoms with E-state index >= 15 is 0 Å². The summed E-state index contributed by atoms with van der Waals surface area (Å²) in [4.78, 5) is 10.5. The molecular weight excluding hydrogens is 240 g/mol. The molecule has 17 heavy (non-hydrogen) atoms. The van der Waals surface area contributed by atoms with Crippen LogP contribution in [0.15, 0.2) is 12.4 Å². The number of hydrogen-bond acceptors (Lipinski definition) is 4. The highest BCUT2D eigenvalue weighted by Crippen LogP contribution is 2.25. The van der Waals surface area contributed by atoms with E-state index in [1.165, 1.54) is 29.7 Å². The minimum Gasteiger partial charge on any atom is -0.489 e. The molecule has 1 atom stereocenters. The van der Waals surface area contributed by atoms with Crippen molar-refractivity contribution in [2.24, 2.45) is 0 Å². The van der Waals surface area contributed by atoms with Gasteiger partial charge >= 0.3 is 5.97 Å². The Labute approximate surface area is 104 Å². The molecule has 1 fully saturated rings. The summed E-state index contributed by atoms with van der Waals surface area (Å²) in [5.41, 5.74) is 0. The van der Waals surface area contributed by atoms with Gasteiger partial charge in [-0.1, -0.05) is 6.42 Å². The highest BCUT2D eigenvalue weighted by Gasteiger charge is 2.14. The van der Waals surface area contributed by atoms with Crippen molar-refractivity contribution in [1.29, 1.82) is 0 Å². The molecule has 0 radical (unpaired) electrons. The normalized spacial score (nSPS) is 20.1. The van der Waals surface area contributed by atoms with Crippen molar-refractivity contribution in [2.75, 3.05) is 12.4 Å². The number of ether oxygens (including phenoxy) is 1. The van der Waals surface area contributed by atoms with Crippen molar-refractivity contribution in [1.82, 2.24) is 9.78 Å². The number of carboxylic acids is 1. The highest BCUT2D eigenvalue weighted by molar-refractivity contribution is 7.99. The van der Waals surface area contributed by atoms with Crippen molar-refractivity contribution in [3.63, 3.8) is 0 Å². The third-order valence-electron chi connectivity index (χ3n) is 2.62. The van der Waals surface area contributed by atoms with Gasteiger partial charge in [-0.3, -0.25) is 9.48 Å². The number of rotatable bonds is 5. The lowest BCUT2D eigenvalue weighted by molar-refractivity contribution is -0.137. The summed E-state index contributed by atoms with van der Waals surface area (Å²) in [5, 5.41) is 13.1. The van der Waals surface area contributed by atoms with Crippen molar-refractivity contribution in [3.8, 4) is 5.75 Å². The molecule has 5 nitrogen and oxygen atoms in total. The van der Waals surface area contributed by atoms with Gasteiger partial charge in [0.05, 0.1) is 12.4 Å². The molecule has 0 aromatic carbocycles. The van der Waals surface area contributed by atoms with E-state index in [1.54, 1.807) is 12.4 Å². The lowest BCUT2D eigenvalue weighted by atomic mass is 10.2. The molecule has 1 aliphatic heterocycles. The van der Waals surface area contributed by atoms with Crippen LogP contribution in [0, 0.1) is 0 Å². The van der Waals surface area contributed by atoms with Crippen LogP contribution in [0.25, 0.3) is 0 Å². The Kier molecular flexibility index (Phi) is 4.30. The van der Waals surface area contributed by atoms with Crippen molar-refractivity contribution >= 4 is 17.7 Å². The van der Waals surface area contributed by atoms with Gasteiger partial charge in [0, 0.05) is 5.25 Å². The fraction of sp³-hybridized carbons (Fsp3) is 0.636. The molecule has 1 aromatic rings. The Morgan fingerprint density at radius 3 is 3.24 bits per heavy atom. The smallest absolute Gasteiger partial charge is 0.325 e. The predicted molar refractivity (Wildman–Crippen MR) is 65.5 cm³/mol. The molecule has 2 rings (SSSR count). The zero-order valence-corrected chi connectivity index (χ0v) is 10.4. The first kappa shape index (κ1) is 12.3. The molecule has 0 saturated carbocycles. The number of nitrogens with zero attached hydrogens (tertiary/aromatic N) is 2. The largest absolute Gasteiger partial charge is 0.489 e. The number of aromatic nitrogens is 2. The van der Waals surface area contributed by atoms with Crippen LogP contribution >= 0.6 is 11.8 Å². The molecule has 0 aliphatic carbocycles. The van der Waals surface area contributed by atoms with Gasteiger partial charge in [0.25, 0.3) is 0 Å². The van der Waals surface area contributed by atoms with Gasteiger partial charge in [-0.2, -0.15) is 16.9 Å². The molecule has 94 valence electrons. The van der Waals surface area contributed by atoms with E-state index < -0.39 is 5.97 Å². The van der Waals surface area contributed by atoms with Crippen LogP contribution in [-0.4, -0.2) is 38.5 Å². The molecule has 0 amide bonds. The molecule has 6 heteroatoms. The van der Waals surface area contributed by atoms with Crippen LogP contribution in [0.1, 0.15) is 19.3 Å². The summed E-state index contributed by atoms with van der Waals surface area (Å²) in [7, 11) is 0. The Hall–Kier alpha value is -1.17. The van der Waals surface area contributed by atoms with Gasteiger partial charge < -0.3 is 9.84 Å². The maximum atomic E-state index is 10.5. The quantitative estimate of drug-likeness (QED) is 0.867. The molecule has 1 aliphatic rings. The number of carbonyl (C=O) groups is 1. The van der Waals surface area contributed by atoms with Crippen LogP contribution in [0.2, 0.25) is 0 Å². The second-order valence-electron chi connectivity index (χ2n) is 4.07. The Bertz CT molecular complexity index is 375. The zero-order valence-electron chi connectivity index (χ0n) is 9.54. The van der Waals surface area contributed by atoms with Gasteiger partial charge in [0.15, 0.2) is 5.75 Å². The second kappa shape index (κ2) is 5.95. The lowest BCUT2D eigenvalue weighted by Crippen LogP contribution is -2.18. The second-order valence-corrected chi connectivity index (χ2v) is 5.48. The summed E-state index contributed by atoms with van der Waals surface area (Å²) in [5.74, 6) is 0.965. The van der Waals surface area contributed by atoms with E-state index in [0.29, 0.717) is 17.6 Å². The summed E-state index contributed by atoms with van der Waals surface area (Å²) < 4.78 is 6.98. The Morgan fingerprint density at radius 1 is 1.65 bits per heavy atom. The lowest BCUT2D eigenvalue weighted by Gasteiger charge is -2.20. The maximum absolute atomic E-state index is 10.5. The summed E-state index contributed by atoms with van der Waals surface area (Å²) in [6, 6.07) is 0. The average Bonchev–Trinajstić information content (AvgIpc) is 2.75. The van der Waals surface area contributed by atoms with E-state index in [4.69, 9.17) is 9.84 Å². The third-order valence-corrected chi connectivity index (χ3v) is 3.98. The van der Waals surface area contributed by atoms with E-state index in [2.05, 4.69) is 5.10 Å². The van der Waals surface area contributed by atoms with Gasteiger partial charge in [-0.25, -0.2) is 0 Å². The minimum atomic E-state index is -0.900. The van der Waals surface area contributed by atoms with E-state index in [1.807, 2.05) is 11.8 Å². The molecule has 1 aromatic heterocycles. The number of thioether (sulfide) groups is 1. The number of aliphatic carboxylic acids is 1. The standard InChI is InChI=1S/C11H16N2O3S/c14-11(15)7-13-6-9(5-12-13)16-8-10-3-1-2-4-17-10/h5-6,10H,1-4,7-8H2,(H,14,15). The van der Waals surface area contributed by atoms with Gasteiger partial charge in [0.1, 0.15) is 13.2 Å². The maximum Gasteiger partial charge on any atom is 0.325 e. The molecule has 1 unspecified atom stereocenters. The number of hydrogen-bond donors (Lipinski definition) is 1. The molecule has 2 heterocycles. The van der Waals surface area contributed by atoms with E-state index in [9.17, 15) is 4.79 Å². The van der Waals surface area contributed by atoms with Crippen LogP contribution < -0.4 is 4.74 Å². The fourth-order valence-electron chi connectivity index (χ4n) is 1.77. The van der Waals surface area contributed by atoms with Gasteiger partial charge in [0.2, 0.25) is 0 Å². The molecule has 1 N–H and O–H groups in total. The number of carboxylic acid groups (broad SMARTS) is 1. The molecule has 0 spiro atoms. The topological polar surface area (TPSA) is 64.3 Å². The first-order chi connectivity index (χ1) is 8.24. The van der Waals surface area contributed by atoms with Crippen LogP contribution in [0.4, 0.5) is 0 Å². The molecular formula is C11H16N2O3S. The van der Waals surface area contributed by atoms with Crippen LogP contribution in [-0.2, 0) is 11.3 Å². The fourth-order valence-corrected chi connectivity index (χ4v) is 2.97. The Balaban J connectivity index is 1.78. The first-order valence-electron chi connectivity index (χ1n) is 5.72. The average molecular weight is 256 g/mol.